The Hall–Kier alpha value is -2.30. The van der Waals surface area contributed by atoms with Crippen LogP contribution in [0.4, 0.5) is 0 Å². The molecule has 20 heavy (non-hydrogen) atoms. The number of carbonyl (C=O) groups is 2. The average molecular weight is 275 g/mol. The lowest BCUT2D eigenvalue weighted by Gasteiger charge is -2.18. The van der Waals surface area contributed by atoms with Gasteiger partial charge in [0.2, 0.25) is 5.91 Å². The molecule has 0 aliphatic heterocycles. The Morgan fingerprint density at radius 1 is 1.25 bits per heavy atom. The SMILES string of the molecule is COc1ccc([C@H](NC(=O)C2CC=CC2)C(=O)O)cc1. The molecule has 0 fully saturated rings. The van der Waals surface area contributed by atoms with E-state index in [-0.39, 0.29) is 11.8 Å². The van der Waals surface area contributed by atoms with Crippen LogP contribution in [0.1, 0.15) is 24.4 Å². The summed E-state index contributed by atoms with van der Waals surface area (Å²) in [7, 11) is 1.54. The Labute approximate surface area is 117 Å². The molecule has 0 unspecified atom stereocenters. The van der Waals surface area contributed by atoms with Crippen LogP contribution < -0.4 is 10.1 Å². The number of aliphatic carboxylic acids is 1. The molecule has 0 aromatic heterocycles. The summed E-state index contributed by atoms with van der Waals surface area (Å²) < 4.78 is 5.03. The van der Waals surface area contributed by atoms with Crippen LogP contribution in [0.25, 0.3) is 0 Å². The molecule has 1 aromatic carbocycles. The van der Waals surface area contributed by atoms with Crippen molar-refractivity contribution in [1.29, 1.82) is 0 Å². The lowest BCUT2D eigenvalue weighted by Crippen LogP contribution is -2.37. The Morgan fingerprint density at radius 3 is 2.35 bits per heavy atom. The minimum absolute atomic E-state index is 0.157. The molecule has 2 N–H and O–H groups in total. The topological polar surface area (TPSA) is 75.6 Å². The van der Waals surface area contributed by atoms with Gasteiger partial charge in [0.25, 0.3) is 0 Å². The first-order valence-corrected chi connectivity index (χ1v) is 6.44. The summed E-state index contributed by atoms with van der Waals surface area (Å²) in [6.07, 6.45) is 5.21. The van der Waals surface area contributed by atoms with Gasteiger partial charge in [-0.2, -0.15) is 0 Å². The molecule has 0 bridgehead atoms. The Bertz CT molecular complexity index is 513. The zero-order valence-electron chi connectivity index (χ0n) is 11.2. The van der Waals surface area contributed by atoms with Gasteiger partial charge in [-0.15, -0.1) is 0 Å². The highest BCUT2D eigenvalue weighted by molar-refractivity contribution is 5.86. The van der Waals surface area contributed by atoms with Crippen molar-refractivity contribution in [3.05, 3.63) is 42.0 Å². The lowest BCUT2D eigenvalue weighted by atomic mass is 10.0. The van der Waals surface area contributed by atoms with E-state index in [0.717, 1.165) is 0 Å². The van der Waals surface area contributed by atoms with Gasteiger partial charge in [0.15, 0.2) is 6.04 Å². The second kappa shape index (κ2) is 6.23. The van der Waals surface area contributed by atoms with Crippen LogP contribution in [0, 0.1) is 5.92 Å². The number of allylic oxidation sites excluding steroid dienone is 2. The van der Waals surface area contributed by atoms with Gasteiger partial charge in [-0.1, -0.05) is 24.3 Å². The number of nitrogens with one attached hydrogen (secondary N) is 1. The van der Waals surface area contributed by atoms with E-state index in [0.29, 0.717) is 24.2 Å². The molecule has 1 aliphatic rings. The van der Waals surface area contributed by atoms with Gasteiger partial charge >= 0.3 is 5.97 Å². The van der Waals surface area contributed by atoms with Crippen molar-refractivity contribution < 1.29 is 19.4 Å². The van der Waals surface area contributed by atoms with Crippen LogP contribution in [0.15, 0.2) is 36.4 Å². The van der Waals surface area contributed by atoms with Crippen LogP contribution >= 0.6 is 0 Å². The number of hydrogen-bond donors (Lipinski definition) is 2. The highest BCUT2D eigenvalue weighted by atomic mass is 16.5. The summed E-state index contributed by atoms with van der Waals surface area (Å²) in [4.78, 5) is 23.4. The van der Waals surface area contributed by atoms with Crippen molar-refractivity contribution in [2.45, 2.75) is 18.9 Å². The van der Waals surface area contributed by atoms with Crippen LogP contribution in [0.2, 0.25) is 0 Å². The maximum Gasteiger partial charge on any atom is 0.330 e. The van der Waals surface area contributed by atoms with Gasteiger partial charge in [-0.05, 0) is 30.5 Å². The number of ether oxygens (including phenoxy) is 1. The van der Waals surface area contributed by atoms with Crippen LogP contribution in [0.5, 0.6) is 5.75 Å². The van der Waals surface area contributed by atoms with Crippen LogP contribution in [-0.4, -0.2) is 24.1 Å². The minimum Gasteiger partial charge on any atom is -0.497 e. The highest BCUT2D eigenvalue weighted by Crippen LogP contribution is 2.22. The fourth-order valence-electron chi connectivity index (χ4n) is 2.18. The number of carboxylic acids is 1. The summed E-state index contributed by atoms with van der Waals surface area (Å²) in [5, 5.41) is 11.9. The zero-order chi connectivity index (χ0) is 14.5. The highest BCUT2D eigenvalue weighted by Gasteiger charge is 2.26. The van der Waals surface area contributed by atoms with E-state index in [4.69, 9.17) is 4.74 Å². The Kier molecular flexibility index (Phi) is 4.40. The first kappa shape index (κ1) is 14.1. The third-order valence-electron chi connectivity index (χ3n) is 3.36. The van der Waals surface area contributed by atoms with E-state index in [1.54, 1.807) is 31.4 Å². The number of methoxy groups -OCH3 is 1. The number of hydrogen-bond acceptors (Lipinski definition) is 3. The Morgan fingerprint density at radius 2 is 1.85 bits per heavy atom. The average Bonchev–Trinajstić information content (AvgIpc) is 2.98. The maximum absolute atomic E-state index is 12.0. The number of amides is 1. The second-order valence-electron chi connectivity index (χ2n) is 4.69. The van der Waals surface area contributed by atoms with E-state index >= 15 is 0 Å². The molecule has 0 saturated carbocycles. The van der Waals surface area contributed by atoms with E-state index in [9.17, 15) is 14.7 Å². The summed E-state index contributed by atoms with van der Waals surface area (Å²) in [6.45, 7) is 0. The fourth-order valence-corrected chi connectivity index (χ4v) is 2.18. The number of rotatable bonds is 5. The van der Waals surface area contributed by atoms with Crippen molar-refractivity contribution in [1.82, 2.24) is 5.32 Å². The van der Waals surface area contributed by atoms with Gasteiger partial charge in [-0.25, -0.2) is 4.79 Å². The predicted molar refractivity (Wildman–Crippen MR) is 73.4 cm³/mol. The van der Waals surface area contributed by atoms with Crippen LogP contribution in [-0.2, 0) is 9.59 Å². The van der Waals surface area contributed by atoms with Gasteiger partial charge in [0.1, 0.15) is 5.75 Å². The molecular formula is C15H17NO4. The number of carboxylic acid groups (broad SMARTS) is 1. The van der Waals surface area contributed by atoms with E-state index in [1.165, 1.54) is 0 Å². The molecule has 0 saturated heterocycles. The van der Waals surface area contributed by atoms with E-state index in [1.807, 2.05) is 12.2 Å². The largest absolute Gasteiger partial charge is 0.497 e. The van der Waals surface area contributed by atoms with E-state index in [2.05, 4.69) is 5.32 Å². The van der Waals surface area contributed by atoms with Gasteiger partial charge in [-0.3, -0.25) is 4.79 Å². The van der Waals surface area contributed by atoms with Crippen molar-refractivity contribution in [3.63, 3.8) is 0 Å². The Balaban J connectivity index is 2.09. The molecule has 0 spiro atoms. The molecule has 2 rings (SSSR count). The third-order valence-corrected chi connectivity index (χ3v) is 3.36. The predicted octanol–water partition coefficient (Wildman–Crippen LogP) is 1.90. The quantitative estimate of drug-likeness (QED) is 0.805. The first-order valence-electron chi connectivity index (χ1n) is 6.44. The van der Waals surface area contributed by atoms with E-state index < -0.39 is 12.0 Å². The normalized spacial score (nSPS) is 15.8. The molecule has 1 atom stereocenters. The molecular weight excluding hydrogens is 258 g/mol. The molecule has 1 amide bonds. The molecule has 5 heteroatoms. The van der Waals surface area contributed by atoms with Gasteiger partial charge in [0, 0.05) is 5.92 Å². The summed E-state index contributed by atoms with van der Waals surface area (Å²) in [5.74, 6) is -0.813. The summed E-state index contributed by atoms with van der Waals surface area (Å²) in [6, 6.07) is 5.60. The standard InChI is InChI=1S/C15H17NO4/c1-20-12-8-6-10(7-9-12)13(15(18)19)16-14(17)11-4-2-3-5-11/h2-3,6-9,11,13H,4-5H2,1H3,(H,16,17)(H,18,19)/t13-/m0/s1. The molecule has 5 nitrogen and oxygen atoms in total. The summed E-state index contributed by atoms with van der Waals surface area (Å²) in [5.41, 5.74) is 0.526. The maximum atomic E-state index is 12.0. The monoisotopic (exact) mass is 275 g/mol. The molecule has 1 aliphatic carbocycles. The van der Waals surface area contributed by atoms with Crippen LogP contribution in [0.3, 0.4) is 0 Å². The van der Waals surface area contributed by atoms with Crippen molar-refractivity contribution in [3.8, 4) is 5.75 Å². The minimum atomic E-state index is -1.07. The lowest BCUT2D eigenvalue weighted by molar-refractivity contribution is -0.142. The molecule has 1 aromatic rings. The van der Waals surface area contributed by atoms with Crippen molar-refractivity contribution in [2.75, 3.05) is 7.11 Å². The van der Waals surface area contributed by atoms with Crippen molar-refractivity contribution in [2.24, 2.45) is 5.92 Å². The molecule has 0 radical (unpaired) electrons. The zero-order valence-corrected chi connectivity index (χ0v) is 11.2. The fraction of sp³-hybridized carbons (Fsp3) is 0.333. The van der Waals surface area contributed by atoms with Gasteiger partial charge < -0.3 is 15.2 Å². The number of carbonyl (C=O) groups excluding carboxylic acids is 1. The second-order valence-corrected chi connectivity index (χ2v) is 4.69. The van der Waals surface area contributed by atoms with Crippen molar-refractivity contribution >= 4 is 11.9 Å². The van der Waals surface area contributed by atoms with Gasteiger partial charge in [0.05, 0.1) is 7.11 Å². The molecule has 0 heterocycles. The first-order chi connectivity index (χ1) is 9.61. The molecule has 106 valence electrons. The summed E-state index contributed by atoms with van der Waals surface area (Å²) >= 11 is 0. The number of benzene rings is 1. The third kappa shape index (κ3) is 3.17. The smallest absolute Gasteiger partial charge is 0.330 e.